The van der Waals surface area contributed by atoms with Crippen molar-refractivity contribution in [3.05, 3.63) is 96.3 Å². The molecule has 2 aromatic carbocycles. The summed E-state index contributed by atoms with van der Waals surface area (Å²) in [5, 5.41) is 0.477. The van der Waals surface area contributed by atoms with E-state index >= 15 is 4.39 Å². The molecule has 12 heteroatoms. The first-order valence-corrected chi connectivity index (χ1v) is 18.7. The second-order valence-electron chi connectivity index (χ2n) is 11.2. The minimum atomic E-state index is -3.97. The number of fused-ring (bicyclic) bond motifs is 1. The first-order valence-electron chi connectivity index (χ1n) is 13.5. The molecule has 5 aromatic rings. The Labute approximate surface area is 249 Å². The largest absolute Gasteiger partial charge is 0.465 e. The number of hydrogen-bond donors (Lipinski definition) is 0. The third-order valence-corrected chi connectivity index (χ3v) is 10.4. The molecule has 0 atom stereocenters. The smallest absolute Gasteiger partial charge is 0.340 e. The first kappa shape index (κ1) is 30.3. The molecule has 0 aliphatic carbocycles. The highest BCUT2D eigenvalue weighted by molar-refractivity contribution is 7.90. The molecular formula is C31H31F2N3O5SSi. The van der Waals surface area contributed by atoms with Gasteiger partial charge in [0.05, 0.1) is 29.0 Å². The predicted molar refractivity (Wildman–Crippen MR) is 163 cm³/mol. The highest BCUT2D eigenvalue weighted by Crippen LogP contribution is 2.38. The van der Waals surface area contributed by atoms with Gasteiger partial charge in [-0.25, -0.2) is 30.9 Å². The van der Waals surface area contributed by atoms with E-state index in [9.17, 15) is 17.6 Å². The number of halogens is 2. The Hall–Kier alpha value is -4.13. The number of rotatable bonds is 10. The molecule has 0 radical (unpaired) electrons. The standard InChI is InChI=1S/C31H31F2N3O5SSi/c1-40-31(37)26-19-28(35(20-41-16-17-43(2,3)4)29(26)25-11-10-21(32)18-27(25)33)23-12-14-34-30-24(23)13-15-36(30)42(38,39)22-8-6-5-7-9-22/h5-15,18-19H,16-17,20H2,1-4H3. The van der Waals surface area contributed by atoms with E-state index in [2.05, 4.69) is 24.6 Å². The molecule has 3 heterocycles. The lowest BCUT2D eigenvalue weighted by molar-refractivity contribution is 0.0600. The number of benzene rings is 2. The summed E-state index contributed by atoms with van der Waals surface area (Å²) in [6.45, 7) is 7.02. The van der Waals surface area contributed by atoms with E-state index in [1.165, 1.54) is 37.7 Å². The molecule has 0 unspecified atom stereocenters. The van der Waals surface area contributed by atoms with Gasteiger partial charge in [0, 0.05) is 49.7 Å². The summed E-state index contributed by atoms with van der Waals surface area (Å²) < 4.78 is 70.0. The highest BCUT2D eigenvalue weighted by Gasteiger charge is 2.28. The number of carbonyl (C=O) groups is 1. The number of hydrogen-bond acceptors (Lipinski definition) is 6. The van der Waals surface area contributed by atoms with Crippen LogP contribution in [0.1, 0.15) is 10.4 Å². The van der Waals surface area contributed by atoms with Crippen molar-refractivity contribution in [2.75, 3.05) is 13.7 Å². The van der Waals surface area contributed by atoms with Gasteiger partial charge in [0.15, 0.2) is 5.65 Å². The van der Waals surface area contributed by atoms with Crippen LogP contribution in [0.3, 0.4) is 0 Å². The van der Waals surface area contributed by atoms with Crippen LogP contribution in [0.5, 0.6) is 0 Å². The molecule has 0 bridgehead atoms. The van der Waals surface area contributed by atoms with E-state index in [-0.39, 0.29) is 34.1 Å². The Balaban J connectivity index is 1.73. The maximum atomic E-state index is 15.2. The van der Waals surface area contributed by atoms with Gasteiger partial charge in [0.2, 0.25) is 0 Å². The minimum Gasteiger partial charge on any atom is -0.465 e. The van der Waals surface area contributed by atoms with Gasteiger partial charge in [0.1, 0.15) is 18.4 Å². The van der Waals surface area contributed by atoms with Crippen LogP contribution in [-0.2, 0) is 26.2 Å². The minimum absolute atomic E-state index is 0.0172. The summed E-state index contributed by atoms with van der Waals surface area (Å²) in [5.41, 5.74) is 1.31. The summed E-state index contributed by atoms with van der Waals surface area (Å²) in [6, 6.07) is 16.8. The Morgan fingerprint density at radius 3 is 2.40 bits per heavy atom. The van der Waals surface area contributed by atoms with Gasteiger partial charge < -0.3 is 14.0 Å². The molecule has 0 aliphatic heterocycles. The first-order chi connectivity index (χ1) is 20.4. The van der Waals surface area contributed by atoms with Crippen LogP contribution in [0.25, 0.3) is 33.5 Å². The second kappa shape index (κ2) is 11.9. The normalized spacial score (nSPS) is 12.1. The van der Waals surface area contributed by atoms with Crippen molar-refractivity contribution in [3.8, 4) is 22.5 Å². The molecule has 3 aromatic heterocycles. The fraction of sp³-hybridized carbons (Fsp3) is 0.226. The molecule has 0 amide bonds. The van der Waals surface area contributed by atoms with E-state index in [0.717, 1.165) is 22.1 Å². The van der Waals surface area contributed by atoms with Crippen LogP contribution >= 0.6 is 0 Å². The molecule has 0 saturated carbocycles. The van der Waals surface area contributed by atoms with E-state index in [0.29, 0.717) is 23.3 Å². The zero-order valence-electron chi connectivity index (χ0n) is 24.2. The Kier molecular flexibility index (Phi) is 8.37. The molecule has 43 heavy (non-hydrogen) atoms. The van der Waals surface area contributed by atoms with Crippen LogP contribution in [0.2, 0.25) is 25.7 Å². The van der Waals surface area contributed by atoms with E-state index in [1.807, 2.05) is 0 Å². The van der Waals surface area contributed by atoms with Crippen molar-refractivity contribution < 1.29 is 31.5 Å². The van der Waals surface area contributed by atoms with Crippen molar-refractivity contribution >= 4 is 35.1 Å². The Morgan fingerprint density at radius 2 is 1.72 bits per heavy atom. The highest BCUT2D eigenvalue weighted by atomic mass is 32.2. The summed E-state index contributed by atoms with van der Waals surface area (Å²) in [7, 11) is -4.19. The van der Waals surface area contributed by atoms with Crippen molar-refractivity contribution in [3.63, 3.8) is 0 Å². The third kappa shape index (κ3) is 6.03. The third-order valence-electron chi connectivity index (χ3n) is 7.04. The summed E-state index contributed by atoms with van der Waals surface area (Å²) in [6.07, 6.45) is 2.89. The number of ether oxygens (including phenoxy) is 2. The lowest BCUT2D eigenvalue weighted by Crippen LogP contribution is -2.22. The number of methoxy groups -OCH3 is 1. The van der Waals surface area contributed by atoms with Crippen LogP contribution in [0, 0.1) is 11.6 Å². The fourth-order valence-electron chi connectivity index (χ4n) is 4.82. The molecule has 0 fully saturated rings. The van der Waals surface area contributed by atoms with Gasteiger partial charge >= 0.3 is 5.97 Å². The lowest BCUT2D eigenvalue weighted by Gasteiger charge is -2.19. The van der Waals surface area contributed by atoms with Crippen molar-refractivity contribution in [2.24, 2.45) is 0 Å². The summed E-state index contributed by atoms with van der Waals surface area (Å²) >= 11 is 0. The fourth-order valence-corrected chi connectivity index (χ4v) is 6.90. The average molecular weight is 624 g/mol. The molecule has 0 aliphatic rings. The van der Waals surface area contributed by atoms with E-state index < -0.39 is 35.7 Å². The Morgan fingerprint density at radius 1 is 0.977 bits per heavy atom. The average Bonchev–Trinajstić information content (AvgIpc) is 3.57. The number of esters is 1. The van der Waals surface area contributed by atoms with Crippen LogP contribution in [-0.4, -0.2) is 49.7 Å². The SMILES string of the molecule is COC(=O)c1cc(-c2ccnc3c2ccn3S(=O)(=O)c2ccccc2)n(COCC[Si](C)(C)C)c1-c1ccc(F)cc1F. The molecular weight excluding hydrogens is 593 g/mol. The van der Waals surface area contributed by atoms with Crippen LogP contribution < -0.4 is 0 Å². The molecule has 0 spiro atoms. The van der Waals surface area contributed by atoms with E-state index in [1.54, 1.807) is 41.0 Å². The number of carbonyl (C=O) groups excluding carboxylic acids is 1. The van der Waals surface area contributed by atoms with Crippen LogP contribution in [0.15, 0.2) is 84.0 Å². The van der Waals surface area contributed by atoms with Gasteiger partial charge in [-0.05, 0) is 48.5 Å². The second-order valence-corrected chi connectivity index (χ2v) is 18.6. The molecule has 0 saturated heterocycles. The van der Waals surface area contributed by atoms with Gasteiger partial charge in [-0.15, -0.1) is 0 Å². The topological polar surface area (TPSA) is 92.4 Å². The molecule has 5 rings (SSSR count). The zero-order chi connectivity index (χ0) is 30.9. The zero-order valence-corrected chi connectivity index (χ0v) is 26.0. The van der Waals surface area contributed by atoms with Crippen molar-refractivity contribution in [1.82, 2.24) is 13.5 Å². The predicted octanol–water partition coefficient (Wildman–Crippen LogP) is 6.79. The molecule has 8 nitrogen and oxygen atoms in total. The quantitative estimate of drug-likeness (QED) is 0.0967. The lowest BCUT2D eigenvalue weighted by atomic mass is 10.1. The van der Waals surface area contributed by atoms with Gasteiger partial charge in [-0.3, -0.25) is 0 Å². The maximum absolute atomic E-state index is 15.2. The van der Waals surface area contributed by atoms with Gasteiger partial charge in [-0.2, -0.15) is 0 Å². The maximum Gasteiger partial charge on any atom is 0.340 e. The summed E-state index contributed by atoms with van der Waals surface area (Å²) in [4.78, 5) is 17.5. The summed E-state index contributed by atoms with van der Waals surface area (Å²) in [5.74, 6) is -2.35. The van der Waals surface area contributed by atoms with Gasteiger partial charge in [0.25, 0.3) is 10.0 Å². The van der Waals surface area contributed by atoms with Crippen molar-refractivity contribution in [1.29, 1.82) is 0 Å². The van der Waals surface area contributed by atoms with Gasteiger partial charge in [-0.1, -0.05) is 37.8 Å². The van der Waals surface area contributed by atoms with Crippen LogP contribution in [0.4, 0.5) is 8.78 Å². The van der Waals surface area contributed by atoms with Crippen molar-refractivity contribution in [2.45, 2.75) is 37.3 Å². The molecule has 0 N–H and O–H groups in total. The van der Waals surface area contributed by atoms with E-state index in [4.69, 9.17) is 9.47 Å². The monoisotopic (exact) mass is 623 g/mol. The number of pyridine rings is 1. The number of nitrogens with zero attached hydrogens (tertiary/aromatic N) is 3. The number of aromatic nitrogens is 3. The Bertz CT molecular complexity index is 1920. The molecule has 224 valence electrons.